The third-order valence-electron chi connectivity index (χ3n) is 11.6. The van der Waals surface area contributed by atoms with Gasteiger partial charge in [0.1, 0.15) is 32.1 Å². The number of phosphoric acid groups is 1. The SMILES string of the molecule is CCC(C)(CC(C)(CC(C)(C)C(=O)OCCOP(=O)(O)OCC[N+](C)(C)C)C(=O)OCCNC(=O)CCCCC(S)CCS)C(=O)NCc1ccc(-n2cc(COC3CCCCO3)nn2)cc1. The minimum Gasteiger partial charge on any atom is -0.463 e. The number of hydrogen-bond acceptors (Lipinski definition) is 15. The zero-order chi connectivity index (χ0) is 49.7. The van der Waals surface area contributed by atoms with Crippen molar-refractivity contribution in [1.29, 1.82) is 0 Å². The second-order valence-corrected chi connectivity index (χ2v) is 22.1. The molecule has 2 heterocycles. The number of amides is 2. The fraction of sp³-hybridized carbons (Fsp3) is 0.739. The van der Waals surface area contributed by atoms with Gasteiger partial charge >= 0.3 is 19.8 Å². The number of carbonyl (C=O) groups is 4. The Labute approximate surface area is 408 Å². The third kappa shape index (κ3) is 21.6. The highest BCUT2D eigenvalue weighted by atomic mass is 32.1. The van der Waals surface area contributed by atoms with Crippen molar-refractivity contribution < 1.29 is 61.1 Å². The molecule has 0 aliphatic carbocycles. The lowest BCUT2D eigenvalue weighted by atomic mass is 9.64. The van der Waals surface area contributed by atoms with Gasteiger partial charge in [-0.2, -0.15) is 25.3 Å². The number of ether oxygens (including phenoxy) is 4. The molecule has 21 heteroatoms. The van der Waals surface area contributed by atoms with E-state index >= 15 is 0 Å². The Bertz CT molecular complexity index is 1890. The van der Waals surface area contributed by atoms with Crippen LogP contribution in [0.4, 0.5) is 0 Å². The van der Waals surface area contributed by atoms with Gasteiger partial charge in [0.2, 0.25) is 11.8 Å². The number of aromatic nitrogens is 3. The Hall–Kier alpha value is -3.07. The molecule has 5 atom stereocenters. The van der Waals surface area contributed by atoms with E-state index in [1.165, 1.54) is 0 Å². The fourth-order valence-corrected chi connectivity index (χ4v) is 9.18. The summed E-state index contributed by atoms with van der Waals surface area (Å²) in [5.41, 5.74) is -1.49. The predicted octanol–water partition coefficient (Wildman–Crippen LogP) is 6.38. The van der Waals surface area contributed by atoms with Gasteiger partial charge in [0.05, 0.1) is 63.6 Å². The van der Waals surface area contributed by atoms with Crippen LogP contribution in [0.15, 0.2) is 30.5 Å². The number of hydrogen-bond donors (Lipinski definition) is 5. The molecule has 67 heavy (non-hydrogen) atoms. The molecule has 380 valence electrons. The Morgan fingerprint density at radius 2 is 1.64 bits per heavy atom. The Kier molecular flexibility index (Phi) is 24.3. The zero-order valence-corrected chi connectivity index (χ0v) is 43.6. The summed E-state index contributed by atoms with van der Waals surface area (Å²) in [4.78, 5) is 64.4. The van der Waals surface area contributed by atoms with Crippen molar-refractivity contribution in [2.75, 3.05) is 73.0 Å². The van der Waals surface area contributed by atoms with Crippen LogP contribution in [0.3, 0.4) is 0 Å². The standard InChI is InChI=1S/C46H77N6O12PS2/c1-9-45(4,41(54)48-30-35-17-19-37(20-18-35)51-31-36(49-50-51)32-62-40-16-12-13-24-59-40)34-46(5,43(56)60-25-22-47-39(53)15-11-10-14-38(67)21-29-66)33-44(2,3)42(55)61-27-28-64-65(57,58)63-26-23-52(6,7)8/h17-20,31,38,40H,9-16,21-30,32-34H2,1-8H3,(H4-,47,48,53,54,57,58,66,67)/p+1. The van der Waals surface area contributed by atoms with Crippen molar-refractivity contribution in [3.8, 4) is 5.69 Å². The van der Waals surface area contributed by atoms with E-state index in [0.29, 0.717) is 42.6 Å². The molecule has 1 aliphatic heterocycles. The highest BCUT2D eigenvalue weighted by Gasteiger charge is 2.49. The van der Waals surface area contributed by atoms with Crippen molar-refractivity contribution in [2.45, 2.75) is 130 Å². The van der Waals surface area contributed by atoms with E-state index in [0.717, 1.165) is 55.5 Å². The molecule has 0 saturated carbocycles. The summed E-state index contributed by atoms with van der Waals surface area (Å²) < 4.78 is 47.3. The topological polar surface area (TPSA) is 216 Å². The second kappa shape index (κ2) is 27.9. The average molecular weight is 1000 g/mol. The van der Waals surface area contributed by atoms with Crippen molar-refractivity contribution in [3.63, 3.8) is 0 Å². The first-order valence-electron chi connectivity index (χ1n) is 23.3. The number of esters is 2. The number of carbonyl (C=O) groups excluding carboxylic acids is 4. The van der Waals surface area contributed by atoms with Gasteiger partial charge < -0.3 is 39.0 Å². The number of thiol groups is 2. The van der Waals surface area contributed by atoms with E-state index in [1.807, 2.05) is 52.3 Å². The van der Waals surface area contributed by atoms with Crippen molar-refractivity contribution in [3.05, 3.63) is 41.7 Å². The molecule has 0 bridgehead atoms. The minimum absolute atomic E-state index is 0.00910. The second-order valence-electron chi connectivity index (χ2n) is 19.5. The smallest absolute Gasteiger partial charge is 0.463 e. The first kappa shape index (κ1) is 58.2. The number of nitrogens with zero attached hydrogens (tertiary/aromatic N) is 4. The number of rotatable bonds is 32. The maximum atomic E-state index is 14.2. The molecule has 1 fully saturated rings. The summed E-state index contributed by atoms with van der Waals surface area (Å²) in [6.07, 6.45) is 8.50. The van der Waals surface area contributed by atoms with Crippen LogP contribution in [0.2, 0.25) is 0 Å². The van der Waals surface area contributed by atoms with Gasteiger partial charge in [0.15, 0.2) is 6.29 Å². The maximum Gasteiger partial charge on any atom is 0.472 e. The maximum absolute atomic E-state index is 14.2. The lowest BCUT2D eigenvalue weighted by Gasteiger charge is -2.40. The fourth-order valence-electron chi connectivity index (χ4n) is 7.66. The molecule has 2 aromatic rings. The summed E-state index contributed by atoms with van der Waals surface area (Å²) in [5, 5.41) is 14.6. The molecule has 18 nitrogen and oxygen atoms in total. The molecular weight excluding hydrogens is 924 g/mol. The van der Waals surface area contributed by atoms with Gasteiger partial charge in [0, 0.05) is 30.2 Å². The Morgan fingerprint density at radius 3 is 2.30 bits per heavy atom. The Balaban J connectivity index is 1.65. The summed E-state index contributed by atoms with van der Waals surface area (Å²) in [6.45, 7) is 9.39. The van der Waals surface area contributed by atoms with E-state index in [9.17, 15) is 28.6 Å². The monoisotopic (exact) mass is 1000 g/mol. The van der Waals surface area contributed by atoms with Crippen LogP contribution < -0.4 is 10.6 Å². The van der Waals surface area contributed by atoms with Crippen LogP contribution >= 0.6 is 33.1 Å². The van der Waals surface area contributed by atoms with Crippen molar-refractivity contribution in [2.24, 2.45) is 16.2 Å². The lowest BCUT2D eigenvalue weighted by Crippen LogP contribution is -2.47. The van der Waals surface area contributed by atoms with Gasteiger partial charge in [-0.05, 0) is 102 Å². The van der Waals surface area contributed by atoms with Crippen molar-refractivity contribution >= 4 is 56.8 Å². The predicted molar refractivity (Wildman–Crippen MR) is 260 cm³/mol. The van der Waals surface area contributed by atoms with Gasteiger partial charge in [-0.3, -0.25) is 28.2 Å². The molecule has 0 radical (unpaired) electrons. The number of unbranched alkanes of at least 4 members (excludes halogenated alkanes) is 1. The summed E-state index contributed by atoms with van der Waals surface area (Å²) in [6, 6.07) is 7.52. The molecule has 0 spiro atoms. The molecule has 5 unspecified atom stereocenters. The molecule has 1 aromatic carbocycles. The summed E-state index contributed by atoms with van der Waals surface area (Å²) >= 11 is 8.79. The van der Waals surface area contributed by atoms with Gasteiger partial charge in [-0.25, -0.2) is 9.25 Å². The van der Waals surface area contributed by atoms with E-state index in [4.69, 9.17) is 28.0 Å². The first-order valence-corrected chi connectivity index (χ1v) is 26.0. The highest BCUT2D eigenvalue weighted by Crippen LogP contribution is 2.46. The van der Waals surface area contributed by atoms with Crippen LogP contribution in [-0.2, 0) is 64.9 Å². The third-order valence-corrected chi connectivity index (χ3v) is 13.4. The van der Waals surface area contributed by atoms with E-state index in [2.05, 4.69) is 46.2 Å². The number of benzene rings is 1. The molecule has 2 amide bonds. The first-order chi connectivity index (χ1) is 31.5. The number of likely N-dealkylation sites (N-methyl/N-ethyl adjacent to an activating group) is 1. The molecule has 1 aliphatic rings. The zero-order valence-electron chi connectivity index (χ0n) is 41.0. The van der Waals surface area contributed by atoms with Crippen LogP contribution in [0, 0.1) is 16.2 Å². The Morgan fingerprint density at radius 1 is 0.940 bits per heavy atom. The quantitative estimate of drug-likeness (QED) is 0.0177. The molecular formula is C46H78N6O12PS2+. The molecule has 1 saturated heterocycles. The molecule has 1 aromatic heterocycles. The average Bonchev–Trinajstić information content (AvgIpc) is 3.75. The van der Waals surface area contributed by atoms with Crippen LogP contribution in [0.25, 0.3) is 5.69 Å². The number of nitrogens with one attached hydrogen (secondary N) is 2. The molecule has 3 rings (SSSR count). The largest absolute Gasteiger partial charge is 0.472 e. The van der Waals surface area contributed by atoms with Gasteiger partial charge in [-0.1, -0.05) is 37.6 Å². The summed E-state index contributed by atoms with van der Waals surface area (Å²) in [7, 11) is 1.35. The van der Waals surface area contributed by atoms with Gasteiger partial charge in [0.25, 0.3) is 0 Å². The van der Waals surface area contributed by atoms with Crippen LogP contribution in [0.5, 0.6) is 0 Å². The van der Waals surface area contributed by atoms with Crippen LogP contribution in [0.1, 0.15) is 117 Å². The highest BCUT2D eigenvalue weighted by molar-refractivity contribution is 7.81. The minimum atomic E-state index is -4.39. The lowest BCUT2D eigenvalue weighted by molar-refractivity contribution is -0.870. The number of quaternary nitrogens is 1. The van der Waals surface area contributed by atoms with E-state index < -0.39 is 42.6 Å². The van der Waals surface area contributed by atoms with E-state index in [-0.39, 0.29) is 75.7 Å². The van der Waals surface area contributed by atoms with E-state index in [1.54, 1.807) is 38.6 Å². The van der Waals surface area contributed by atoms with Crippen LogP contribution in [-0.4, -0.2) is 133 Å². The molecule has 3 N–H and O–H groups in total. The number of phosphoric ester groups is 1. The normalized spacial score (nSPS) is 17.6. The van der Waals surface area contributed by atoms with Crippen molar-refractivity contribution in [1.82, 2.24) is 25.6 Å². The summed E-state index contributed by atoms with van der Waals surface area (Å²) in [5.74, 6) is -1.02. The van der Waals surface area contributed by atoms with Gasteiger partial charge in [-0.15, -0.1) is 5.10 Å².